The molecule has 0 bridgehead atoms. The van der Waals surface area contributed by atoms with Gasteiger partial charge < -0.3 is 29.0 Å². The van der Waals surface area contributed by atoms with E-state index < -0.39 is 18.1 Å². The Labute approximate surface area is 219 Å². The molecule has 0 radical (unpaired) electrons. The maximum Gasteiger partial charge on any atom is 0.331 e. The lowest BCUT2D eigenvalue weighted by atomic mass is 10.0. The van der Waals surface area contributed by atoms with Gasteiger partial charge >= 0.3 is 11.9 Å². The van der Waals surface area contributed by atoms with Crippen LogP contribution in [0.15, 0.2) is 54.6 Å². The monoisotopic (exact) mass is 517 g/mol. The van der Waals surface area contributed by atoms with Crippen LogP contribution in [-0.2, 0) is 44.7 Å². The first-order valence-electron chi connectivity index (χ1n) is 12.5. The number of methoxy groups -OCH3 is 2. The third-order valence-corrected chi connectivity index (χ3v) is 6.06. The second kappa shape index (κ2) is 16.7. The van der Waals surface area contributed by atoms with Crippen LogP contribution in [0.2, 0.25) is 0 Å². The fraction of sp³-hybridized carbons (Fsp3) is 0.536. The Kier molecular flexibility index (Phi) is 13.6. The lowest BCUT2D eigenvalue weighted by Gasteiger charge is -2.22. The molecule has 1 aliphatic rings. The fourth-order valence-electron chi connectivity index (χ4n) is 3.68. The molecule has 1 heterocycles. The summed E-state index contributed by atoms with van der Waals surface area (Å²) < 4.78 is 27.5. The highest BCUT2D eigenvalue weighted by Gasteiger charge is 2.25. The number of cyclic esters (lactones) is 2. The van der Waals surface area contributed by atoms with Crippen molar-refractivity contribution in [2.24, 2.45) is 11.8 Å². The second-order valence-corrected chi connectivity index (χ2v) is 8.96. The molecule has 0 unspecified atom stereocenters. The normalized spacial score (nSPS) is 28.5. The Morgan fingerprint density at radius 2 is 1.46 bits per heavy atom. The summed E-state index contributed by atoms with van der Waals surface area (Å²) in [7, 11) is 3.07. The third-order valence-electron chi connectivity index (χ3n) is 6.06. The van der Waals surface area contributed by atoms with E-state index in [2.05, 4.69) is 5.32 Å². The molecule has 9 heteroatoms. The molecule has 0 aliphatic carbocycles. The minimum atomic E-state index is -0.981. The van der Waals surface area contributed by atoms with Crippen molar-refractivity contribution in [3.05, 3.63) is 60.2 Å². The maximum atomic E-state index is 12.9. The third kappa shape index (κ3) is 11.3. The summed E-state index contributed by atoms with van der Waals surface area (Å²) in [5.74, 6) is -1.60. The Balaban J connectivity index is 2.14. The highest BCUT2D eigenvalue weighted by Crippen LogP contribution is 2.13. The smallest absolute Gasteiger partial charge is 0.331 e. The second-order valence-electron chi connectivity index (χ2n) is 8.96. The minimum Gasteiger partial charge on any atom is -0.463 e. The maximum absolute atomic E-state index is 12.9. The van der Waals surface area contributed by atoms with Gasteiger partial charge in [-0.25, -0.2) is 4.79 Å². The van der Waals surface area contributed by atoms with E-state index in [1.165, 1.54) is 7.11 Å². The molecule has 2 rings (SSSR count). The van der Waals surface area contributed by atoms with Crippen molar-refractivity contribution in [3.8, 4) is 0 Å². The summed E-state index contributed by atoms with van der Waals surface area (Å²) in [5.41, 5.74) is 0.949. The zero-order valence-electron chi connectivity index (χ0n) is 22.1. The molecular formula is C28H39NO8. The van der Waals surface area contributed by atoms with E-state index in [0.29, 0.717) is 6.61 Å². The molecule has 1 N–H and O–H groups in total. The number of benzene rings is 1. The number of carbonyl (C=O) groups is 3. The molecule has 0 saturated heterocycles. The van der Waals surface area contributed by atoms with Crippen LogP contribution in [0.1, 0.15) is 32.3 Å². The Morgan fingerprint density at radius 1 is 0.865 bits per heavy atom. The van der Waals surface area contributed by atoms with Gasteiger partial charge in [0, 0.05) is 32.5 Å². The molecule has 1 aromatic rings. The van der Waals surface area contributed by atoms with Gasteiger partial charge in [-0.2, -0.15) is 0 Å². The van der Waals surface area contributed by atoms with E-state index in [0.717, 1.165) is 5.56 Å². The lowest BCUT2D eigenvalue weighted by molar-refractivity contribution is -0.153. The summed E-state index contributed by atoms with van der Waals surface area (Å²) in [4.78, 5) is 37.7. The van der Waals surface area contributed by atoms with Gasteiger partial charge in [-0.05, 0) is 5.56 Å². The van der Waals surface area contributed by atoms with Crippen LogP contribution in [0, 0.1) is 11.8 Å². The van der Waals surface area contributed by atoms with Gasteiger partial charge in [-0.1, -0.05) is 68.5 Å². The first-order chi connectivity index (χ1) is 17.8. The van der Waals surface area contributed by atoms with Crippen molar-refractivity contribution >= 4 is 17.8 Å². The van der Waals surface area contributed by atoms with Gasteiger partial charge in [0.05, 0.1) is 31.8 Å². The van der Waals surface area contributed by atoms with Crippen LogP contribution >= 0.6 is 0 Å². The van der Waals surface area contributed by atoms with E-state index in [1.54, 1.807) is 19.3 Å². The molecule has 0 saturated carbocycles. The van der Waals surface area contributed by atoms with Crippen LogP contribution in [0.3, 0.4) is 0 Å². The van der Waals surface area contributed by atoms with Crippen molar-refractivity contribution in [2.45, 2.75) is 51.5 Å². The van der Waals surface area contributed by atoms with Gasteiger partial charge in [0.25, 0.3) is 0 Å². The summed E-state index contributed by atoms with van der Waals surface area (Å²) in [6.07, 6.45) is 6.38. The fourth-order valence-corrected chi connectivity index (χ4v) is 3.68. The topological polar surface area (TPSA) is 109 Å². The predicted molar refractivity (Wildman–Crippen MR) is 137 cm³/mol. The lowest BCUT2D eigenvalue weighted by Crippen LogP contribution is -2.45. The Bertz CT molecular complexity index is 901. The van der Waals surface area contributed by atoms with Crippen LogP contribution in [0.4, 0.5) is 0 Å². The zero-order chi connectivity index (χ0) is 27.0. The molecule has 1 aromatic carbocycles. The van der Waals surface area contributed by atoms with Crippen molar-refractivity contribution in [1.82, 2.24) is 5.32 Å². The number of carbonyl (C=O) groups excluding carboxylic acids is 3. The van der Waals surface area contributed by atoms with E-state index in [4.69, 9.17) is 23.7 Å². The number of hydrogen-bond acceptors (Lipinski definition) is 8. The number of nitrogens with one attached hydrogen (secondary N) is 1. The minimum absolute atomic E-state index is 0.0245. The molecular weight excluding hydrogens is 478 g/mol. The Morgan fingerprint density at radius 3 is 2.08 bits per heavy atom. The molecule has 204 valence electrons. The average Bonchev–Trinajstić information content (AvgIpc) is 2.88. The van der Waals surface area contributed by atoms with Gasteiger partial charge in [0.2, 0.25) is 5.91 Å². The zero-order valence-corrected chi connectivity index (χ0v) is 22.1. The highest BCUT2D eigenvalue weighted by molar-refractivity contribution is 5.85. The largest absolute Gasteiger partial charge is 0.463 e. The van der Waals surface area contributed by atoms with Crippen LogP contribution in [-0.4, -0.2) is 70.1 Å². The molecule has 1 aliphatic heterocycles. The predicted octanol–water partition coefficient (Wildman–Crippen LogP) is 2.98. The molecule has 5 atom stereocenters. The van der Waals surface area contributed by atoms with Crippen molar-refractivity contribution in [2.75, 3.05) is 34.0 Å². The van der Waals surface area contributed by atoms with Gasteiger partial charge in [0.15, 0.2) is 6.04 Å². The van der Waals surface area contributed by atoms with Crippen molar-refractivity contribution in [1.29, 1.82) is 0 Å². The van der Waals surface area contributed by atoms with Crippen LogP contribution in [0.25, 0.3) is 0 Å². The van der Waals surface area contributed by atoms with Crippen molar-refractivity contribution < 1.29 is 38.1 Å². The van der Waals surface area contributed by atoms with E-state index >= 15 is 0 Å². The van der Waals surface area contributed by atoms with E-state index in [-0.39, 0.29) is 62.5 Å². The average molecular weight is 518 g/mol. The van der Waals surface area contributed by atoms with Gasteiger partial charge in [-0.15, -0.1) is 0 Å². The van der Waals surface area contributed by atoms with Gasteiger partial charge in [-0.3, -0.25) is 9.59 Å². The molecule has 37 heavy (non-hydrogen) atoms. The molecule has 0 spiro atoms. The van der Waals surface area contributed by atoms with E-state index in [1.807, 2.05) is 56.3 Å². The molecule has 1 amide bonds. The first kappa shape index (κ1) is 30.2. The number of esters is 2. The SMILES string of the molecule is CO[C@@H]1COC(=O)C/C=C/[C@@H](C)[C@H](OC)COC(=O)[C@H](COCc2ccccc2)NC(=O)C/C=C/[C@H]1C. The number of ether oxygens (including phenoxy) is 5. The Hall–Kier alpha value is -3.01. The van der Waals surface area contributed by atoms with Crippen LogP contribution < -0.4 is 5.32 Å². The first-order valence-corrected chi connectivity index (χ1v) is 12.5. The standard InChI is InChI=1S/C28H39NO8/c1-20-10-8-14-26(30)29-23(17-35-16-22-12-6-5-7-13-22)28(32)37-19-25(34-4)21(2)11-9-15-27(31)36-18-24(20)33-3/h5-13,20-21,23-25H,14-19H2,1-4H3,(H,29,30)/b10-8+,11-9+/t20-,21-,23+,24-,25-/m1/s1. The number of rotatable bonds is 6. The quantitative estimate of drug-likeness (QED) is 0.453. The summed E-state index contributed by atoms with van der Waals surface area (Å²) in [6, 6.07) is 8.56. The molecule has 0 aromatic heterocycles. The van der Waals surface area contributed by atoms with Gasteiger partial charge in [0.1, 0.15) is 13.2 Å². The summed E-state index contributed by atoms with van der Waals surface area (Å²) in [5, 5.41) is 2.71. The van der Waals surface area contributed by atoms with E-state index in [9.17, 15) is 14.4 Å². The highest BCUT2D eigenvalue weighted by atomic mass is 16.6. The molecule has 9 nitrogen and oxygen atoms in total. The van der Waals surface area contributed by atoms with Crippen molar-refractivity contribution in [3.63, 3.8) is 0 Å². The number of amides is 1. The summed E-state index contributed by atoms with van der Waals surface area (Å²) >= 11 is 0. The summed E-state index contributed by atoms with van der Waals surface area (Å²) in [6.45, 7) is 4.12. The van der Waals surface area contributed by atoms with Crippen LogP contribution in [0.5, 0.6) is 0 Å². The molecule has 0 fully saturated rings. The number of hydrogen-bond donors (Lipinski definition) is 1.